The molecule has 1 fully saturated rings. The number of rotatable bonds is 5. The zero-order valence-corrected chi connectivity index (χ0v) is 19.9. The highest BCUT2D eigenvalue weighted by molar-refractivity contribution is 5.76. The van der Waals surface area contributed by atoms with E-state index < -0.39 is 11.7 Å². The number of nitrogens with zero attached hydrogens (tertiary/aromatic N) is 5. The summed E-state index contributed by atoms with van der Waals surface area (Å²) in [5.41, 5.74) is 1.35. The predicted octanol–water partition coefficient (Wildman–Crippen LogP) is 4.59. The highest BCUT2D eigenvalue weighted by Crippen LogP contribution is 2.34. The van der Waals surface area contributed by atoms with E-state index in [1.807, 2.05) is 6.07 Å². The number of oxazole rings is 1. The van der Waals surface area contributed by atoms with Crippen LogP contribution in [-0.2, 0) is 17.5 Å². The molecule has 11 heteroatoms. The van der Waals surface area contributed by atoms with Gasteiger partial charge in [0, 0.05) is 56.6 Å². The fourth-order valence-corrected chi connectivity index (χ4v) is 4.32. The topological polar surface area (TPSA) is 87.6 Å². The van der Waals surface area contributed by atoms with Crippen molar-refractivity contribution >= 4 is 11.6 Å². The number of alkyl halides is 3. The lowest BCUT2D eigenvalue weighted by Gasteiger charge is -2.36. The van der Waals surface area contributed by atoms with Crippen LogP contribution in [0, 0.1) is 6.92 Å². The van der Waals surface area contributed by atoms with Crippen molar-refractivity contribution in [3.63, 3.8) is 0 Å². The maximum atomic E-state index is 13.0. The maximum Gasteiger partial charge on any atom is 0.416 e. The van der Waals surface area contributed by atoms with Crippen molar-refractivity contribution < 1.29 is 27.5 Å². The SMILES string of the molecule is Cc1ncc(-c2ccc(N3CCN(C(=O)Cn4ccc(-c5cccc(C(F)(F)F)c5)n4)CC3)cc2O)o1. The standard InChI is InChI=1S/C26H24F3N5O3/c1-17-30-15-24(37-17)21-6-5-20(14-23(21)35)32-9-11-33(12-10-32)25(36)16-34-8-7-22(31-34)18-3-2-4-19(13-18)26(27,28)29/h2-8,13-15,35H,9-12,16H2,1H3. The molecule has 4 aromatic rings. The lowest BCUT2D eigenvalue weighted by Crippen LogP contribution is -2.49. The Bertz CT molecular complexity index is 1420. The third-order valence-electron chi connectivity index (χ3n) is 6.29. The third-order valence-corrected chi connectivity index (χ3v) is 6.29. The first-order valence-corrected chi connectivity index (χ1v) is 11.7. The molecule has 0 saturated carbocycles. The van der Waals surface area contributed by atoms with Crippen molar-refractivity contribution in [3.05, 3.63) is 72.4 Å². The molecule has 0 spiro atoms. The molecule has 0 bridgehead atoms. The van der Waals surface area contributed by atoms with E-state index in [1.54, 1.807) is 48.5 Å². The van der Waals surface area contributed by atoms with Gasteiger partial charge in [-0.05, 0) is 30.3 Å². The van der Waals surface area contributed by atoms with E-state index >= 15 is 0 Å². The van der Waals surface area contributed by atoms with Gasteiger partial charge >= 0.3 is 6.18 Å². The number of aryl methyl sites for hydroxylation is 1. The van der Waals surface area contributed by atoms with Crippen LogP contribution < -0.4 is 4.90 Å². The van der Waals surface area contributed by atoms with Crippen LogP contribution in [0.3, 0.4) is 0 Å². The number of halogens is 3. The quantitative estimate of drug-likeness (QED) is 0.422. The molecule has 1 saturated heterocycles. The number of carbonyl (C=O) groups is 1. The number of carbonyl (C=O) groups excluding carboxylic acids is 1. The predicted molar refractivity (Wildman–Crippen MR) is 130 cm³/mol. The maximum absolute atomic E-state index is 13.0. The summed E-state index contributed by atoms with van der Waals surface area (Å²) in [6.07, 6.45) is -1.28. The van der Waals surface area contributed by atoms with Gasteiger partial charge in [0.1, 0.15) is 12.3 Å². The normalized spacial score (nSPS) is 14.3. The molecule has 0 radical (unpaired) electrons. The fourth-order valence-electron chi connectivity index (χ4n) is 4.32. The molecule has 3 heterocycles. The first-order chi connectivity index (χ1) is 17.7. The van der Waals surface area contributed by atoms with Crippen molar-refractivity contribution in [1.29, 1.82) is 0 Å². The number of phenols is 1. The molecule has 1 amide bonds. The number of hydrogen-bond donors (Lipinski definition) is 1. The van der Waals surface area contributed by atoms with Crippen molar-refractivity contribution in [2.75, 3.05) is 31.1 Å². The summed E-state index contributed by atoms with van der Waals surface area (Å²) >= 11 is 0. The summed E-state index contributed by atoms with van der Waals surface area (Å²) < 4.78 is 46.0. The molecular weight excluding hydrogens is 487 g/mol. The zero-order chi connectivity index (χ0) is 26.2. The Balaban J connectivity index is 1.18. The van der Waals surface area contributed by atoms with Crippen LogP contribution in [0.2, 0.25) is 0 Å². The molecule has 192 valence electrons. The van der Waals surface area contributed by atoms with E-state index in [9.17, 15) is 23.1 Å². The van der Waals surface area contributed by atoms with Gasteiger partial charge in [-0.25, -0.2) is 4.98 Å². The fraction of sp³-hybridized carbons (Fsp3) is 0.269. The van der Waals surface area contributed by atoms with Crippen LogP contribution in [0.5, 0.6) is 5.75 Å². The van der Waals surface area contributed by atoms with Gasteiger partial charge in [0.25, 0.3) is 0 Å². The number of hydrogen-bond acceptors (Lipinski definition) is 6. The summed E-state index contributed by atoms with van der Waals surface area (Å²) in [5.74, 6) is 0.965. The summed E-state index contributed by atoms with van der Waals surface area (Å²) in [6, 6.07) is 11.9. The zero-order valence-electron chi connectivity index (χ0n) is 19.9. The van der Waals surface area contributed by atoms with Crippen molar-refractivity contribution in [3.8, 4) is 28.3 Å². The molecule has 2 aromatic carbocycles. The lowest BCUT2D eigenvalue weighted by atomic mass is 10.1. The second-order valence-electron chi connectivity index (χ2n) is 8.79. The smallest absolute Gasteiger partial charge is 0.416 e. The van der Waals surface area contributed by atoms with Crippen LogP contribution in [-0.4, -0.2) is 56.9 Å². The van der Waals surface area contributed by atoms with Gasteiger partial charge in [-0.2, -0.15) is 18.3 Å². The molecule has 1 aliphatic rings. The molecular formula is C26H24F3N5O3. The average Bonchev–Trinajstić information content (AvgIpc) is 3.53. The van der Waals surface area contributed by atoms with E-state index in [0.29, 0.717) is 54.7 Å². The summed E-state index contributed by atoms with van der Waals surface area (Å²) in [4.78, 5) is 20.7. The minimum Gasteiger partial charge on any atom is -0.507 e. The summed E-state index contributed by atoms with van der Waals surface area (Å²) in [7, 11) is 0. The Morgan fingerprint density at radius 2 is 1.86 bits per heavy atom. The summed E-state index contributed by atoms with van der Waals surface area (Å²) in [5, 5.41) is 14.8. The number of anilines is 1. The lowest BCUT2D eigenvalue weighted by molar-refractivity contribution is -0.137. The van der Waals surface area contributed by atoms with E-state index in [0.717, 1.165) is 17.8 Å². The second-order valence-corrected chi connectivity index (χ2v) is 8.79. The van der Waals surface area contributed by atoms with Crippen LogP contribution in [0.1, 0.15) is 11.5 Å². The largest absolute Gasteiger partial charge is 0.507 e. The van der Waals surface area contributed by atoms with Gasteiger partial charge < -0.3 is 19.3 Å². The van der Waals surface area contributed by atoms with E-state index in [-0.39, 0.29) is 18.2 Å². The number of piperazine rings is 1. The third kappa shape index (κ3) is 5.30. The molecule has 1 N–H and O–H groups in total. The Morgan fingerprint density at radius 1 is 1.08 bits per heavy atom. The van der Waals surface area contributed by atoms with Gasteiger partial charge in [0.05, 0.1) is 23.0 Å². The molecule has 2 aromatic heterocycles. The van der Waals surface area contributed by atoms with Crippen LogP contribution in [0.4, 0.5) is 18.9 Å². The van der Waals surface area contributed by atoms with Crippen molar-refractivity contribution in [2.45, 2.75) is 19.6 Å². The number of amides is 1. The Labute approximate surface area is 210 Å². The average molecular weight is 512 g/mol. The molecule has 0 unspecified atom stereocenters. The molecule has 1 aliphatic heterocycles. The van der Waals surface area contributed by atoms with Crippen molar-refractivity contribution in [2.24, 2.45) is 0 Å². The number of phenolic OH excluding ortho intramolecular Hbond substituents is 1. The molecule has 0 aliphatic carbocycles. The minimum absolute atomic E-state index is 0.00888. The second kappa shape index (κ2) is 9.64. The van der Waals surface area contributed by atoms with Gasteiger partial charge in [-0.1, -0.05) is 12.1 Å². The van der Waals surface area contributed by atoms with Crippen LogP contribution >= 0.6 is 0 Å². The Kier molecular flexibility index (Phi) is 6.36. The van der Waals surface area contributed by atoms with Gasteiger partial charge in [-0.15, -0.1) is 0 Å². The highest BCUT2D eigenvalue weighted by atomic mass is 19.4. The number of aromatic hydroxyl groups is 1. The molecule has 37 heavy (non-hydrogen) atoms. The summed E-state index contributed by atoms with van der Waals surface area (Å²) in [6.45, 7) is 3.87. The van der Waals surface area contributed by atoms with E-state index in [1.165, 1.54) is 10.7 Å². The molecule has 5 rings (SSSR count). The molecule has 8 nitrogen and oxygen atoms in total. The van der Waals surface area contributed by atoms with Gasteiger partial charge in [-0.3, -0.25) is 9.48 Å². The first-order valence-electron chi connectivity index (χ1n) is 11.7. The van der Waals surface area contributed by atoms with Gasteiger partial charge in [0.15, 0.2) is 11.7 Å². The van der Waals surface area contributed by atoms with Crippen LogP contribution in [0.25, 0.3) is 22.6 Å². The van der Waals surface area contributed by atoms with Crippen LogP contribution in [0.15, 0.2) is 65.3 Å². The minimum atomic E-state index is -4.44. The first kappa shape index (κ1) is 24.4. The Hall–Kier alpha value is -4.28. The Morgan fingerprint density at radius 3 is 2.54 bits per heavy atom. The monoisotopic (exact) mass is 511 g/mol. The molecule has 0 atom stereocenters. The van der Waals surface area contributed by atoms with Crippen molar-refractivity contribution in [1.82, 2.24) is 19.7 Å². The van der Waals surface area contributed by atoms with E-state index in [4.69, 9.17) is 4.42 Å². The number of aromatic nitrogens is 3. The van der Waals surface area contributed by atoms with E-state index in [2.05, 4.69) is 15.0 Å². The highest BCUT2D eigenvalue weighted by Gasteiger charge is 2.30. The van der Waals surface area contributed by atoms with Gasteiger partial charge in [0.2, 0.25) is 5.91 Å². The number of benzene rings is 2.